The molecule has 3 heterocycles. The molecule has 0 aliphatic carbocycles. The number of ether oxygens (including phenoxy) is 2. The molecule has 0 radical (unpaired) electrons. The van der Waals surface area contributed by atoms with E-state index in [1.807, 2.05) is 0 Å². The van der Waals surface area contributed by atoms with Crippen molar-refractivity contribution in [2.24, 2.45) is 5.73 Å². The van der Waals surface area contributed by atoms with E-state index < -0.39 is 35.5 Å². The molecule has 236 valence electrons. The highest BCUT2D eigenvalue weighted by Gasteiger charge is 2.53. The van der Waals surface area contributed by atoms with E-state index >= 15 is 0 Å². The molecule has 3 atom stereocenters. The molecule has 4 amide bonds. The first-order chi connectivity index (χ1) is 22.1. The quantitative estimate of drug-likeness (QED) is 0.157. The fourth-order valence-electron chi connectivity index (χ4n) is 5.46. The largest absolute Gasteiger partial charge is 0.485 e. The maximum Gasteiger partial charge on any atom is 0.322 e. The van der Waals surface area contributed by atoms with Gasteiger partial charge in [0.1, 0.15) is 35.3 Å². The van der Waals surface area contributed by atoms with Gasteiger partial charge in [-0.25, -0.2) is 13.6 Å². The topological polar surface area (TPSA) is 137 Å². The number of carbonyl (C=O) groups is 4. The molecule has 3 unspecified atom stereocenters. The van der Waals surface area contributed by atoms with Crippen molar-refractivity contribution in [1.29, 1.82) is 0 Å². The number of nitrogens with two attached hydrogens (primary N) is 1. The van der Waals surface area contributed by atoms with E-state index in [-0.39, 0.29) is 30.9 Å². The lowest BCUT2D eigenvalue weighted by atomic mass is 9.80. The number of primary amides is 1. The molecule has 4 aromatic carbocycles. The average molecular weight is 757 g/mol. The van der Waals surface area contributed by atoms with Gasteiger partial charge < -0.3 is 20.5 Å². The van der Waals surface area contributed by atoms with Crippen LogP contribution in [0.5, 0.6) is 11.5 Å². The van der Waals surface area contributed by atoms with Crippen LogP contribution in [0.15, 0.2) is 93.9 Å². The Morgan fingerprint density at radius 1 is 0.804 bits per heavy atom. The summed E-state index contributed by atoms with van der Waals surface area (Å²) in [6.07, 6.45) is -0.731. The Balaban J connectivity index is 0.000000171. The van der Waals surface area contributed by atoms with Crippen molar-refractivity contribution in [1.82, 2.24) is 10.6 Å². The highest BCUT2D eigenvalue weighted by Crippen LogP contribution is 2.47. The minimum absolute atomic E-state index is 0.0317. The number of ketones is 1. The normalized spacial score (nSPS) is 20.7. The monoisotopic (exact) mass is 755 g/mol. The number of fused-ring (bicyclic) bond motifs is 3. The van der Waals surface area contributed by atoms with Crippen molar-refractivity contribution in [3.05, 3.63) is 128 Å². The Bertz CT molecular complexity index is 1840. The molecule has 46 heavy (non-hydrogen) atoms. The third-order valence-corrected chi connectivity index (χ3v) is 8.48. The molecule has 0 saturated carbocycles. The summed E-state index contributed by atoms with van der Waals surface area (Å²) < 4.78 is 41.2. The number of nitrogens with one attached hydrogen (secondary N) is 2. The van der Waals surface area contributed by atoms with Crippen LogP contribution < -0.4 is 25.8 Å². The minimum Gasteiger partial charge on any atom is -0.485 e. The van der Waals surface area contributed by atoms with Crippen molar-refractivity contribution < 1.29 is 37.4 Å². The van der Waals surface area contributed by atoms with Gasteiger partial charge in [0.2, 0.25) is 6.41 Å². The number of hydrogen-bond acceptors (Lipinski definition) is 6. The number of benzene rings is 4. The zero-order valence-electron chi connectivity index (χ0n) is 23.8. The highest BCUT2D eigenvalue weighted by atomic mass is 79.9. The van der Waals surface area contributed by atoms with Gasteiger partial charge in [-0.05, 0) is 48.5 Å². The van der Waals surface area contributed by atoms with Gasteiger partial charge in [0.15, 0.2) is 11.3 Å². The van der Waals surface area contributed by atoms with Gasteiger partial charge in [0.05, 0.1) is 12.0 Å². The lowest BCUT2D eigenvalue weighted by molar-refractivity contribution is -0.126. The zero-order chi connectivity index (χ0) is 33.0. The number of urea groups is 1. The molecule has 7 rings (SSSR count). The minimum atomic E-state index is -1.28. The molecule has 1 saturated heterocycles. The summed E-state index contributed by atoms with van der Waals surface area (Å²) in [5.74, 6) is -0.307. The van der Waals surface area contributed by atoms with E-state index in [0.717, 1.165) is 8.95 Å². The van der Waals surface area contributed by atoms with Gasteiger partial charge in [-0.15, -0.1) is 0 Å². The van der Waals surface area contributed by atoms with Crippen molar-refractivity contribution in [3.8, 4) is 11.5 Å². The summed E-state index contributed by atoms with van der Waals surface area (Å²) in [6.45, 7) is 0. The number of rotatable bonds is 2. The van der Waals surface area contributed by atoms with E-state index in [1.165, 1.54) is 12.1 Å². The molecule has 1 spiro atoms. The summed E-state index contributed by atoms with van der Waals surface area (Å²) in [7, 11) is 0. The lowest BCUT2D eigenvalue weighted by Gasteiger charge is -2.38. The van der Waals surface area contributed by atoms with Crippen LogP contribution in [0.25, 0.3) is 0 Å². The van der Waals surface area contributed by atoms with Crippen LogP contribution in [0.3, 0.4) is 0 Å². The predicted octanol–water partition coefficient (Wildman–Crippen LogP) is 6.54. The van der Waals surface area contributed by atoms with Crippen molar-refractivity contribution in [3.63, 3.8) is 0 Å². The van der Waals surface area contributed by atoms with Gasteiger partial charge in [-0.2, -0.15) is 0 Å². The Morgan fingerprint density at radius 3 is 1.93 bits per heavy atom. The zero-order valence-corrected chi connectivity index (χ0v) is 26.9. The predicted molar refractivity (Wildman–Crippen MR) is 170 cm³/mol. The van der Waals surface area contributed by atoms with Crippen LogP contribution in [-0.4, -0.2) is 24.1 Å². The number of amides is 4. The summed E-state index contributed by atoms with van der Waals surface area (Å²) in [4.78, 5) is 45.0. The van der Waals surface area contributed by atoms with Crippen LogP contribution in [0.1, 0.15) is 52.1 Å². The molecule has 0 bridgehead atoms. The summed E-state index contributed by atoms with van der Waals surface area (Å²) >= 11 is 6.69. The smallest absolute Gasteiger partial charge is 0.322 e. The van der Waals surface area contributed by atoms with E-state index in [1.54, 1.807) is 72.8 Å². The summed E-state index contributed by atoms with van der Waals surface area (Å²) in [5, 5.41) is 4.97. The third kappa shape index (κ3) is 6.65. The molecule has 1 fully saturated rings. The number of halogens is 4. The second-order valence-electron chi connectivity index (χ2n) is 10.3. The van der Waals surface area contributed by atoms with E-state index in [9.17, 15) is 23.2 Å². The molecule has 9 nitrogen and oxygen atoms in total. The lowest BCUT2D eigenvalue weighted by Crippen LogP contribution is -2.48. The second-order valence-corrected chi connectivity index (χ2v) is 12.1. The molecule has 0 aromatic heterocycles. The molecule has 3 aliphatic heterocycles. The Kier molecular flexibility index (Phi) is 9.82. The Hall–Kier alpha value is -4.62. The SMILES string of the molecule is NC=O.O=C1CC(c2ccccc2F)Oc2ccc(Br)cc21.O=C1NC(=O)C2(CC(c3ccccc3F)Oc3ccc(Br)cc32)N1. The number of Topliss-reactive ketones (excluding diaryl/α,β-unsaturated/α-hetero) is 1. The Morgan fingerprint density at radius 2 is 1.35 bits per heavy atom. The van der Waals surface area contributed by atoms with Crippen molar-refractivity contribution >= 4 is 56.0 Å². The van der Waals surface area contributed by atoms with Crippen LogP contribution in [0, 0.1) is 11.6 Å². The molecule has 4 aromatic rings. The fraction of sp³-hybridized carbons (Fsp3) is 0.152. The standard InChI is InChI=1S/C17H12BrFN2O3.C15H10BrFO2.CH3NO/c18-9-5-6-13-11(7-9)17(15(22)20-16(23)21-17)8-14(24-13)10-3-1-2-4-12(10)19;16-9-5-6-14-11(7-9)13(18)8-15(19-14)10-3-1-2-4-12(10)17;2-1-3/h1-7,14H,8H2,(H2,20,21,22,23);1-7,15H,8H2;1H,(H2,2,3). The maximum absolute atomic E-state index is 14.2. The first-order valence-corrected chi connectivity index (χ1v) is 15.4. The number of carbonyl (C=O) groups excluding carboxylic acids is 4. The molecule has 13 heteroatoms. The first kappa shape index (κ1) is 32.8. The summed E-state index contributed by atoms with van der Waals surface area (Å²) in [6, 6.07) is 22.5. The van der Waals surface area contributed by atoms with Crippen LogP contribution in [-0.2, 0) is 15.1 Å². The molecular weight excluding hydrogens is 732 g/mol. The van der Waals surface area contributed by atoms with Gasteiger partial charge in [-0.1, -0.05) is 68.3 Å². The number of imide groups is 1. The van der Waals surface area contributed by atoms with E-state index in [4.69, 9.17) is 14.3 Å². The van der Waals surface area contributed by atoms with Crippen LogP contribution >= 0.6 is 31.9 Å². The first-order valence-electron chi connectivity index (χ1n) is 13.8. The highest BCUT2D eigenvalue weighted by molar-refractivity contribution is 9.10. The van der Waals surface area contributed by atoms with Gasteiger partial charge in [0, 0.05) is 32.1 Å². The van der Waals surface area contributed by atoms with Crippen molar-refractivity contribution in [2.45, 2.75) is 30.6 Å². The van der Waals surface area contributed by atoms with E-state index in [0.29, 0.717) is 33.8 Å². The fourth-order valence-corrected chi connectivity index (χ4v) is 6.18. The molecule has 3 aliphatic rings. The molecular formula is C33H25Br2F2N3O6. The van der Waals surface area contributed by atoms with Crippen molar-refractivity contribution in [2.75, 3.05) is 0 Å². The van der Waals surface area contributed by atoms with Crippen LogP contribution in [0.2, 0.25) is 0 Å². The third-order valence-electron chi connectivity index (χ3n) is 7.49. The second kappa shape index (κ2) is 13.8. The Labute approximate surface area is 278 Å². The average Bonchev–Trinajstić information content (AvgIpc) is 3.31. The van der Waals surface area contributed by atoms with Crippen LogP contribution in [0.4, 0.5) is 13.6 Å². The van der Waals surface area contributed by atoms with Gasteiger partial charge in [-0.3, -0.25) is 19.7 Å². The van der Waals surface area contributed by atoms with Gasteiger partial charge >= 0.3 is 6.03 Å². The number of hydrogen-bond donors (Lipinski definition) is 3. The maximum atomic E-state index is 14.2. The van der Waals surface area contributed by atoms with Gasteiger partial charge in [0.25, 0.3) is 5.91 Å². The molecule has 4 N–H and O–H groups in total. The van der Waals surface area contributed by atoms with E-state index in [2.05, 4.69) is 48.2 Å². The summed E-state index contributed by atoms with van der Waals surface area (Å²) in [5.41, 5.74) is 4.75.